The van der Waals surface area contributed by atoms with Crippen LogP contribution >= 0.6 is 0 Å². The number of rotatable bonds is 1. The Bertz CT molecular complexity index is 1050. The molecule has 1 amide bonds. The maximum absolute atomic E-state index is 13.0. The van der Waals surface area contributed by atoms with E-state index in [0.717, 1.165) is 16.7 Å². The number of carbonyl (C=O) groups excluding carboxylic acids is 1. The van der Waals surface area contributed by atoms with Crippen LogP contribution in [-0.2, 0) is 0 Å². The molecule has 4 rings (SSSR count). The van der Waals surface area contributed by atoms with E-state index in [2.05, 4.69) is 5.32 Å². The number of amides is 1. The van der Waals surface area contributed by atoms with Crippen LogP contribution in [0, 0.1) is 13.8 Å². The summed E-state index contributed by atoms with van der Waals surface area (Å²) >= 11 is 0. The highest BCUT2D eigenvalue weighted by Gasteiger charge is 2.36. The number of hydrogen-bond donors (Lipinski definition) is 2. The molecule has 24 heavy (non-hydrogen) atoms. The largest absolute Gasteiger partial charge is 0.508 e. The third-order valence-corrected chi connectivity index (χ3v) is 4.35. The van der Waals surface area contributed by atoms with Crippen LogP contribution in [0.5, 0.6) is 5.75 Å². The Balaban J connectivity index is 2.02. The minimum Gasteiger partial charge on any atom is -0.508 e. The maximum atomic E-state index is 13.0. The molecule has 0 unspecified atom stereocenters. The summed E-state index contributed by atoms with van der Waals surface area (Å²) in [6.07, 6.45) is 0. The minimum absolute atomic E-state index is 0.0672. The van der Waals surface area contributed by atoms with Gasteiger partial charge in [0.1, 0.15) is 11.3 Å². The van der Waals surface area contributed by atoms with Crippen molar-refractivity contribution in [3.8, 4) is 5.75 Å². The zero-order valence-corrected chi connectivity index (χ0v) is 13.2. The van der Waals surface area contributed by atoms with Crippen LogP contribution in [0.2, 0.25) is 0 Å². The van der Waals surface area contributed by atoms with Crippen LogP contribution in [0.4, 0.5) is 0 Å². The summed E-state index contributed by atoms with van der Waals surface area (Å²) in [5.41, 5.74) is 3.08. The predicted molar refractivity (Wildman–Crippen MR) is 89.4 cm³/mol. The van der Waals surface area contributed by atoms with Crippen LogP contribution in [0.15, 0.2) is 45.6 Å². The summed E-state index contributed by atoms with van der Waals surface area (Å²) in [4.78, 5) is 25.3. The van der Waals surface area contributed by atoms with Crippen LogP contribution < -0.4 is 10.7 Å². The molecule has 0 radical (unpaired) electrons. The van der Waals surface area contributed by atoms with Crippen molar-refractivity contribution >= 4 is 16.9 Å². The fourth-order valence-corrected chi connectivity index (χ4v) is 3.28. The molecule has 1 atom stereocenters. The fraction of sp³-hybridized carbons (Fsp3) is 0.158. The number of hydrogen-bond acceptors (Lipinski definition) is 4. The first-order valence-electron chi connectivity index (χ1n) is 7.63. The van der Waals surface area contributed by atoms with Crippen molar-refractivity contribution in [2.45, 2.75) is 19.9 Å². The normalized spacial score (nSPS) is 16.2. The van der Waals surface area contributed by atoms with Gasteiger partial charge < -0.3 is 14.8 Å². The number of phenols is 1. The Labute approximate surface area is 137 Å². The highest BCUT2D eigenvalue weighted by molar-refractivity contribution is 5.99. The van der Waals surface area contributed by atoms with E-state index in [4.69, 9.17) is 4.42 Å². The Morgan fingerprint density at radius 3 is 2.50 bits per heavy atom. The van der Waals surface area contributed by atoms with Crippen molar-refractivity contribution in [1.29, 1.82) is 0 Å². The standard InChI is InChI=1S/C19H15NO4/c1-9-7-10(2)17-13(8-9)16(22)14-15(20-19(23)18(14)24-17)11-3-5-12(21)6-4-11/h3-8,15,21H,1-2H3,(H,20,23)/t15-/m0/s1. The smallest absolute Gasteiger partial charge is 0.288 e. The third-order valence-electron chi connectivity index (χ3n) is 4.35. The Morgan fingerprint density at radius 1 is 1.08 bits per heavy atom. The van der Waals surface area contributed by atoms with Gasteiger partial charge in [0, 0.05) is 0 Å². The van der Waals surface area contributed by atoms with E-state index in [0.29, 0.717) is 16.5 Å². The average molecular weight is 321 g/mol. The van der Waals surface area contributed by atoms with Gasteiger partial charge in [-0.2, -0.15) is 0 Å². The van der Waals surface area contributed by atoms with Gasteiger partial charge in [-0.3, -0.25) is 9.59 Å². The maximum Gasteiger partial charge on any atom is 0.288 e. The van der Waals surface area contributed by atoms with Crippen molar-refractivity contribution in [3.63, 3.8) is 0 Å². The average Bonchev–Trinajstić information content (AvgIpc) is 2.87. The predicted octanol–water partition coefficient (Wildman–Crippen LogP) is 2.95. The molecule has 0 bridgehead atoms. The molecule has 120 valence electrons. The van der Waals surface area contributed by atoms with Gasteiger partial charge in [-0.05, 0) is 48.7 Å². The van der Waals surface area contributed by atoms with Gasteiger partial charge in [0.2, 0.25) is 5.76 Å². The number of carbonyl (C=O) groups is 1. The van der Waals surface area contributed by atoms with E-state index in [1.807, 2.05) is 19.9 Å². The lowest BCUT2D eigenvalue weighted by atomic mass is 9.98. The first-order chi connectivity index (χ1) is 11.5. The second kappa shape index (κ2) is 4.96. The zero-order valence-electron chi connectivity index (χ0n) is 13.2. The molecular formula is C19H15NO4. The number of benzene rings is 2. The van der Waals surface area contributed by atoms with Crippen LogP contribution in [0.25, 0.3) is 11.0 Å². The summed E-state index contributed by atoms with van der Waals surface area (Å²) in [6, 6.07) is 9.54. The Hall–Kier alpha value is -3.08. The van der Waals surface area contributed by atoms with Crippen molar-refractivity contribution < 1.29 is 14.3 Å². The third kappa shape index (κ3) is 2.01. The zero-order chi connectivity index (χ0) is 17.0. The number of aromatic hydroxyl groups is 1. The van der Waals surface area contributed by atoms with Crippen molar-refractivity contribution in [2.75, 3.05) is 0 Å². The van der Waals surface area contributed by atoms with Gasteiger partial charge in [0.05, 0.1) is 17.0 Å². The molecule has 0 spiro atoms. The lowest BCUT2D eigenvalue weighted by Gasteiger charge is -2.12. The van der Waals surface area contributed by atoms with E-state index in [-0.39, 0.29) is 16.9 Å². The van der Waals surface area contributed by atoms with Gasteiger partial charge in [0.15, 0.2) is 5.43 Å². The summed E-state index contributed by atoms with van der Waals surface area (Å²) in [5.74, 6) is -0.209. The number of phenolic OH excluding ortho intramolecular Hbond substituents is 1. The van der Waals surface area contributed by atoms with Crippen molar-refractivity contribution in [1.82, 2.24) is 5.32 Å². The molecule has 0 fully saturated rings. The number of nitrogens with one attached hydrogen (secondary N) is 1. The number of fused-ring (bicyclic) bond motifs is 2. The molecule has 1 aliphatic rings. The molecule has 1 aromatic heterocycles. The second-order valence-corrected chi connectivity index (χ2v) is 6.13. The Kier molecular flexibility index (Phi) is 3.00. The first-order valence-corrected chi connectivity index (χ1v) is 7.63. The van der Waals surface area contributed by atoms with Gasteiger partial charge in [-0.15, -0.1) is 0 Å². The van der Waals surface area contributed by atoms with Gasteiger partial charge in [-0.25, -0.2) is 0 Å². The Morgan fingerprint density at radius 2 is 1.79 bits per heavy atom. The molecule has 5 nitrogen and oxygen atoms in total. The van der Waals surface area contributed by atoms with E-state index in [1.54, 1.807) is 18.2 Å². The highest BCUT2D eigenvalue weighted by atomic mass is 16.3. The van der Waals surface area contributed by atoms with Crippen LogP contribution in [0.1, 0.15) is 38.9 Å². The molecule has 2 aromatic carbocycles. The summed E-state index contributed by atoms with van der Waals surface area (Å²) in [7, 11) is 0. The molecule has 1 aliphatic heterocycles. The van der Waals surface area contributed by atoms with E-state index in [1.165, 1.54) is 12.1 Å². The van der Waals surface area contributed by atoms with Gasteiger partial charge in [-0.1, -0.05) is 18.2 Å². The molecule has 2 N–H and O–H groups in total. The lowest BCUT2D eigenvalue weighted by molar-refractivity contribution is 0.0938. The van der Waals surface area contributed by atoms with Crippen molar-refractivity contribution in [2.24, 2.45) is 0 Å². The lowest BCUT2D eigenvalue weighted by Crippen LogP contribution is -2.21. The van der Waals surface area contributed by atoms with Gasteiger partial charge >= 0.3 is 0 Å². The molecule has 5 heteroatoms. The van der Waals surface area contributed by atoms with Crippen molar-refractivity contribution in [3.05, 3.63) is 74.6 Å². The second-order valence-electron chi connectivity index (χ2n) is 6.13. The van der Waals surface area contributed by atoms with Crippen LogP contribution in [-0.4, -0.2) is 11.0 Å². The summed E-state index contributed by atoms with van der Waals surface area (Å²) in [5, 5.41) is 12.7. The molecule has 3 aromatic rings. The monoisotopic (exact) mass is 321 g/mol. The van der Waals surface area contributed by atoms with E-state index in [9.17, 15) is 14.7 Å². The molecular weight excluding hydrogens is 306 g/mol. The minimum atomic E-state index is -0.574. The molecule has 0 saturated heterocycles. The van der Waals surface area contributed by atoms with E-state index >= 15 is 0 Å². The first kappa shape index (κ1) is 14.5. The van der Waals surface area contributed by atoms with Crippen LogP contribution in [0.3, 0.4) is 0 Å². The molecule has 0 saturated carbocycles. The highest BCUT2D eigenvalue weighted by Crippen LogP contribution is 2.32. The quantitative estimate of drug-likeness (QED) is 0.722. The summed E-state index contributed by atoms with van der Waals surface area (Å²) in [6.45, 7) is 3.77. The molecule has 2 heterocycles. The fourth-order valence-electron chi connectivity index (χ4n) is 3.28. The van der Waals surface area contributed by atoms with Gasteiger partial charge in [0.25, 0.3) is 5.91 Å². The number of aryl methyl sites for hydroxylation is 2. The topological polar surface area (TPSA) is 79.5 Å². The molecule has 0 aliphatic carbocycles. The SMILES string of the molecule is Cc1cc(C)c2oc3c(c(=O)c2c1)[C@H](c1ccc(O)cc1)NC3=O. The summed E-state index contributed by atoms with van der Waals surface area (Å²) < 4.78 is 5.80. The van der Waals surface area contributed by atoms with E-state index < -0.39 is 11.9 Å².